The lowest BCUT2D eigenvalue weighted by molar-refractivity contribution is -0.118. The average Bonchev–Trinajstić information content (AvgIpc) is 1.83. The maximum atomic E-state index is 10.1. The third-order valence-corrected chi connectivity index (χ3v) is 0.853. The van der Waals surface area contributed by atoms with Gasteiger partial charge in [-0.1, -0.05) is 0 Å². The van der Waals surface area contributed by atoms with Crippen molar-refractivity contribution < 1.29 is 9.59 Å². The van der Waals surface area contributed by atoms with Crippen molar-refractivity contribution in [2.45, 2.75) is 18.9 Å². The van der Waals surface area contributed by atoms with Crippen LogP contribution in [0.1, 0.15) is 12.8 Å². The second-order valence-electron chi connectivity index (χ2n) is 1.73. The van der Waals surface area contributed by atoms with Gasteiger partial charge < -0.3 is 11.5 Å². The van der Waals surface area contributed by atoms with Gasteiger partial charge in [-0.3, -0.25) is 9.59 Å². The molecule has 0 saturated carbocycles. The van der Waals surface area contributed by atoms with Crippen molar-refractivity contribution in [1.82, 2.24) is 0 Å². The van der Waals surface area contributed by atoms with Crippen LogP contribution < -0.4 is 11.5 Å². The van der Waals surface area contributed by atoms with Crippen LogP contribution in [0.5, 0.6) is 0 Å². The summed E-state index contributed by atoms with van der Waals surface area (Å²) >= 11 is 0. The van der Waals surface area contributed by atoms with E-state index in [4.69, 9.17) is 11.5 Å². The summed E-state index contributed by atoms with van der Waals surface area (Å²) in [4.78, 5) is 19.8. The highest BCUT2D eigenvalue weighted by Gasteiger charge is 2.02. The normalized spacial score (nSPS) is 12.6. The molecular weight excluding hydrogens is 120 g/mol. The fraction of sp³-hybridized carbons (Fsp3) is 0.600. The molecule has 1 amide bonds. The second kappa shape index (κ2) is 4.03. The topological polar surface area (TPSA) is 86.2 Å². The molecule has 0 aromatic carbocycles. The number of primary amides is 1. The van der Waals surface area contributed by atoms with Crippen LogP contribution in [0, 0.1) is 0 Å². The molecule has 0 bridgehead atoms. The Labute approximate surface area is 53.2 Å². The molecule has 0 aliphatic rings. The molecule has 4 heteroatoms. The molecule has 4 nitrogen and oxygen atoms in total. The quantitative estimate of drug-likeness (QED) is 0.494. The largest absolute Gasteiger partial charge is 0.370 e. The lowest BCUT2D eigenvalue weighted by Crippen LogP contribution is -2.24. The Balaban J connectivity index is 3.26. The van der Waals surface area contributed by atoms with Crippen molar-refractivity contribution in [3.8, 4) is 0 Å². The van der Waals surface area contributed by atoms with Crippen LogP contribution in [0.25, 0.3) is 0 Å². The van der Waals surface area contributed by atoms with Crippen LogP contribution in [0.3, 0.4) is 0 Å². The first-order valence-electron chi connectivity index (χ1n) is 2.58. The highest BCUT2D eigenvalue weighted by molar-refractivity contribution is 5.74. The van der Waals surface area contributed by atoms with Crippen LogP contribution in [-0.2, 0) is 9.59 Å². The van der Waals surface area contributed by atoms with Crippen molar-refractivity contribution in [1.29, 1.82) is 0 Å². The summed E-state index contributed by atoms with van der Waals surface area (Å²) in [7, 11) is 0. The minimum Gasteiger partial charge on any atom is -0.370 e. The van der Waals surface area contributed by atoms with Crippen molar-refractivity contribution >= 4 is 12.2 Å². The predicted molar refractivity (Wildman–Crippen MR) is 32.1 cm³/mol. The Kier molecular flexibility index (Phi) is 3.62. The zero-order valence-corrected chi connectivity index (χ0v) is 4.96. The van der Waals surface area contributed by atoms with Crippen molar-refractivity contribution in [3.63, 3.8) is 0 Å². The van der Waals surface area contributed by atoms with E-state index in [2.05, 4.69) is 0 Å². The van der Waals surface area contributed by atoms with Gasteiger partial charge in [0.15, 0.2) is 0 Å². The van der Waals surface area contributed by atoms with E-state index in [0.29, 0.717) is 6.42 Å². The minimum absolute atomic E-state index is 0.149. The smallest absolute Gasteiger partial charge is 0.217 e. The van der Waals surface area contributed by atoms with E-state index in [9.17, 15) is 9.59 Å². The van der Waals surface area contributed by atoms with Gasteiger partial charge >= 0.3 is 0 Å². The maximum Gasteiger partial charge on any atom is 0.217 e. The molecule has 1 atom stereocenters. The molecule has 0 fully saturated rings. The van der Waals surface area contributed by atoms with E-state index < -0.39 is 11.9 Å². The molecule has 0 rings (SSSR count). The summed E-state index contributed by atoms with van der Waals surface area (Å²) in [6, 6.07) is -0.669. The number of carbonyl (C=O) groups excluding carboxylic acids is 2. The van der Waals surface area contributed by atoms with Gasteiger partial charge in [0, 0.05) is 6.42 Å². The van der Waals surface area contributed by atoms with Gasteiger partial charge in [-0.2, -0.15) is 0 Å². The van der Waals surface area contributed by atoms with Crippen molar-refractivity contribution in [2.75, 3.05) is 0 Å². The van der Waals surface area contributed by atoms with Gasteiger partial charge in [-0.25, -0.2) is 0 Å². The van der Waals surface area contributed by atoms with Crippen molar-refractivity contribution in [3.05, 3.63) is 0 Å². The number of rotatable bonds is 4. The van der Waals surface area contributed by atoms with Gasteiger partial charge in [-0.05, 0) is 6.42 Å². The monoisotopic (exact) mass is 129 g/mol. The fourth-order valence-electron chi connectivity index (χ4n) is 0.357. The SMILES string of the molecule is NC(=O)CC[C@@H](N)[C]=O. The molecule has 1 radical (unpaired) electrons. The maximum absolute atomic E-state index is 10.1. The highest BCUT2D eigenvalue weighted by atomic mass is 16.1. The third kappa shape index (κ3) is 4.96. The Morgan fingerprint density at radius 1 is 1.67 bits per heavy atom. The molecule has 0 spiro atoms. The van der Waals surface area contributed by atoms with Crippen LogP contribution in [-0.4, -0.2) is 18.2 Å². The predicted octanol–water partition coefficient (Wildman–Crippen LogP) is -1.31. The van der Waals surface area contributed by atoms with Gasteiger partial charge in [0.1, 0.15) is 0 Å². The molecule has 0 unspecified atom stereocenters. The molecule has 0 aromatic rings. The number of hydrogen-bond donors (Lipinski definition) is 2. The van der Waals surface area contributed by atoms with E-state index in [1.807, 2.05) is 0 Å². The highest BCUT2D eigenvalue weighted by Crippen LogP contribution is 1.88. The Morgan fingerprint density at radius 2 is 2.22 bits per heavy atom. The lowest BCUT2D eigenvalue weighted by atomic mass is 10.2. The van der Waals surface area contributed by atoms with Gasteiger partial charge in [0.25, 0.3) is 0 Å². The Morgan fingerprint density at radius 3 is 2.56 bits per heavy atom. The summed E-state index contributed by atoms with van der Waals surface area (Å²) in [5, 5.41) is 0. The average molecular weight is 129 g/mol. The van der Waals surface area contributed by atoms with E-state index in [1.54, 1.807) is 6.29 Å². The number of nitrogens with two attached hydrogens (primary N) is 2. The third-order valence-electron chi connectivity index (χ3n) is 0.853. The molecule has 0 aromatic heterocycles. The summed E-state index contributed by atoms with van der Waals surface area (Å²) in [5.74, 6) is -0.444. The summed E-state index contributed by atoms with van der Waals surface area (Å²) in [5.41, 5.74) is 9.86. The van der Waals surface area contributed by atoms with Crippen LogP contribution in [0.2, 0.25) is 0 Å². The molecule has 0 saturated heterocycles. The Bertz CT molecular complexity index is 114. The molecule has 0 heterocycles. The Hall–Kier alpha value is -0.900. The molecule has 9 heavy (non-hydrogen) atoms. The zero-order chi connectivity index (χ0) is 7.28. The number of hydrogen-bond acceptors (Lipinski definition) is 3. The molecule has 51 valence electrons. The van der Waals surface area contributed by atoms with E-state index in [0.717, 1.165) is 0 Å². The summed E-state index contributed by atoms with van der Waals surface area (Å²) in [6.45, 7) is 0. The fourth-order valence-corrected chi connectivity index (χ4v) is 0.357. The van der Waals surface area contributed by atoms with E-state index in [-0.39, 0.29) is 6.42 Å². The first-order valence-corrected chi connectivity index (χ1v) is 2.58. The van der Waals surface area contributed by atoms with Crippen molar-refractivity contribution in [2.24, 2.45) is 11.5 Å². The van der Waals surface area contributed by atoms with E-state index in [1.165, 1.54) is 0 Å². The van der Waals surface area contributed by atoms with Gasteiger partial charge in [0.2, 0.25) is 12.2 Å². The van der Waals surface area contributed by atoms with Crippen LogP contribution in [0.4, 0.5) is 0 Å². The number of amides is 1. The van der Waals surface area contributed by atoms with Crippen LogP contribution >= 0.6 is 0 Å². The molecule has 4 N–H and O–H groups in total. The first kappa shape index (κ1) is 8.10. The summed E-state index contributed by atoms with van der Waals surface area (Å²) < 4.78 is 0. The lowest BCUT2D eigenvalue weighted by Gasteiger charge is -1.97. The standard InChI is InChI=1S/C5H9N2O2/c6-4(3-8)1-2-5(7)9/h4H,1-2,6H2,(H2,7,9)/t4-/m1/s1. The second-order valence-corrected chi connectivity index (χ2v) is 1.73. The van der Waals surface area contributed by atoms with Gasteiger partial charge in [0.05, 0.1) is 6.04 Å². The van der Waals surface area contributed by atoms with E-state index >= 15 is 0 Å². The van der Waals surface area contributed by atoms with Gasteiger partial charge in [-0.15, -0.1) is 0 Å². The summed E-state index contributed by atoms with van der Waals surface area (Å²) in [6.07, 6.45) is 1.98. The van der Waals surface area contributed by atoms with Crippen LogP contribution in [0.15, 0.2) is 0 Å². The molecule has 0 aliphatic carbocycles. The molecule has 0 aliphatic heterocycles. The zero-order valence-electron chi connectivity index (χ0n) is 4.96. The first-order chi connectivity index (χ1) is 4.16. The minimum atomic E-state index is -0.669. The number of carbonyl (C=O) groups is 1. The molecular formula is C5H9N2O2.